The standard InChI is InChI=1S/C15H19FN2OS/c1-10-15(19)18(13-3-2-8-20-9-13)14(17-10)11-4-6-12(16)7-5-11/h4-7,10,13-14,17H,2-3,8-9H2,1H3. The topological polar surface area (TPSA) is 32.3 Å². The third-order valence-corrected chi connectivity index (χ3v) is 5.22. The lowest BCUT2D eigenvalue weighted by Crippen LogP contribution is -2.42. The summed E-state index contributed by atoms with van der Waals surface area (Å²) in [5.74, 6) is 2.10. The predicted molar refractivity (Wildman–Crippen MR) is 78.9 cm³/mol. The van der Waals surface area contributed by atoms with Crippen molar-refractivity contribution >= 4 is 17.7 Å². The Labute approximate surface area is 122 Å². The largest absolute Gasteiger partial charge is 0.318 e. The minimum atomic E-state index is -0.245. The molecule has 1 aromatic rings. The first kappa shape index (κ1) is 13.9. The van der Waals surface area contributed by atoms with Gasteiger partial charge < -0.3 is 4.90 Å². The fourth-order valence-electron chi connectivity index (χ4n) is 2.98. The third kappa shape index (κ3) is 2.56. The molecule has 0 radical (unpaired) electrons. The minimum absolute atomic E-state index is 0.123. The van der Waals surface area contributed by atoms with Crippen molar-refractivity contribution in [3.8, 4) is 0 Å². The minimum Gasteiger partial charge on any atom is -0.318 e. The first-order valence-corrected chi connectivity index (χ1v) is 8.24. The molecule has 0 aliphatic carbocycles. The summed E-state index contributed by atoms with van der Waals surface area (Å²) < 4.78 is 13.1. The Morgan fingerprint density at radius 1 is 1.35 bits per heavy atom. The van der Waals surface area contributed by atoms with Crippen LogP contribution >= 0.6 is 11.8 Å². The first-order valence-electron chi connectivity index (χ1n) is 7.08. The number of halogens is 1. The average Bonchev–Trinajstić information content (AvgIpc) is 2.77. The van der Waals surface area contributed by atoms with E-state index >= 15 is 0 Å². The highest BCUT2D eigenvalue weighted by molar-refractivity contribution is 7.99. The van der Waals surface area contributed by atoms with E-state index in [9.17, 15) is 9.18 Å². The Bertz CT molecular complexity index is 487. The highest BCUT2D eigenvalue weighted by Gasteiger charge is 2.41. The number of hydrogen-bond acceptors (Lipinski definition) is 3. The third-order valence-electron chi connectivity index (χ3n) is 4.03. The number of thioether (sulfide) groups is 1. The highest BCUT2D eigenvalue weighted by atomic mass is 32.2. The van der Waals surface area contributed by atoms with Gasteiger partial charge in [0.1, 0.15) is 12.0 Å². The molecule has 3 rings (SSSR count). The highest BCUT2D eigenvalue weighted by Crippen LogP contribution is 2.32. The molecule has 5 heteroatoms. The maximum atomic E-state index is 13.1. The Morgan fingerprint density at radius 2 is 2.10 bits per heavy atom. The monoisotopic (exact) mass is 294 g/mol. The summed E-state index contributed by atoms with van der Waals surface area (Å²) in [7, 11) is 0. The summed E-state index contributed by atoms with van der Waals surface area (Å²) in [6, 6.07) is 6.56. The van der Waals surface area contributed by atoms with E-state index in [4.69, 9.17) is 0 Å². The number of nitrogens with one attached hydrogen (secondary N) is 1. The van der Waals surface area contributed by atoms with Crippen molar-refractivity contribution in [1.29, 1.82) is 0 Å². The number of hydrogen-bond donors (Lipinski definition) is 1. The van der Waals surface area contributed by atoms with Gasteiger partial charge in [0.15, 0.2) is 0 Å². The molecular formula is C15H19FN2OS. The zero-order valence-electron chi connectivity index (χ0n) is 11.5. The van der Waals surface area contributed by atoms with Crippen LogP contribution in [0.4, 0.5) is 4.39 Å². The van der Waals surface area contributed by atoms with Gasteiger partial charge in [-0.25, -0.2) is 4.39 Å². The van der Waals surface area contributed by atoms with Crippen molar-refractivity contribution in [2.24, 2.45) is 0 Å². The lowest BCUT2D eigenvalue weighted by molar-refractivity contribution is -0.131. The molecule has 2 aliphatic rings. The quantitative estimate of drug-likeness (QED) is 0.910. The van der Waals surface area contributed by atoms with Crippen molar-refractivity contribution in [3.05, 3.63) is 35.6 Å². The lowest BCUT2D eigenvalue weighted by atomic mass is 10.1. The van der Waals surface area contributed by atoms with E-state index in [1.165, 1.54) is 17.9 Å². The van der Waals surface area contributed by atoms with E-state index in [0.29, 0.717) is 0 Å². The molecule has 0 spiro atoms. The molecule has 108 valence electrons. The smallest absolute Gasteiger partial charge is 0.241 e. The van der Waals surface area contributed by atoms with E-state index in [-0.39, 0.29) is 30.0 Å². The summed E-state index contributed by atoms with van der Waals surface area (Å²) in [5.41, 5.74) is 0.958. The summed E-state index contributed by atoms with van der Waals surface area (Å²) >= 11 is 1.91. The number of nitrogens with zero attached hydrogens (tertiary/aromatic N) is 1. The van der Waals surface area contributed by atoms with E-state index in [1.54, 1.807) is 12.1 Å². The van der Waals surface area contributed by atoms with Crippen LogP contribution in [0, 0.1) is 5.82 Å². The number of rotatable bonds is 2. The van der Waals surface area contributed by atoms with Crippen LogP contribution in [0.15, 0.2) is 24.3 Å². The van der Waals surface area contributed by atoms with E-state index in [1.807, 2.05) is 23.6 Å². The molecule has 3 nitrogen and oxygen atoms in total. The fraction of sp³-hybridized carbons (Fsp3) is 0.533. The molecule has 0 bridgehead atoms. The van der Waals surface area contributed by atoms with Gasteiger partial charge in [0.05, 0.1) is 6.04 Å². The van der Waals surface area contributed by atoms with Gasteiger partial charge in [0.25, 0.3) is 0 Å². The Morgan fingerprint density at radius 3 is 2.75 bits per heavy atom. The second-order valence-corrected chi connectivity index (χ2v) is 6.61. The van der Waals surface area contributed by atoms with Crippen molar-refractivity contribution in [2.75, 3.05) is 11.5 Å². The summed E-state index contributed by atoms with van der Waals surface area (Å²) in [6.07, 6.45) is 2.09. The van der Waals surface area contributed by atoms with Gasteiger partial charge in [0, 0.05) is 11.8 Å². The van der Waals surface area contributed by atoms with Crippen molar-refractivity contribution in [3.63, 3.8) is 0 Å². The summed E-state index contributed by atoms with van der Waals surface area (Å²) in [6.45, 7) is 1.90. The number of carbonyl (C=O) groups excluding carboxylic acids is 1. The second kappa shape index (κ2) is 5.74. The summed E-state index contributed by atoms with van der Waals surface area (Å²) in [4.78, 5) is 14.4. The van der Waals surface area contributed by atoms with Crippen molar-refractivity contribution < 1.29 is 9.18 Å². The molecule has 2 saturated heterocycles. The molecule has 0 saturated carbocycles. The van der Waals surface area contributed by atoms with Gasteiger partial charge >= 0.3 is 0 Å². The van der Waals surface area contributed by atoms with Gasteiger partial charge in [-0.3, -0.25) is 10.1 Å². The van der Waals surface area contributed by atoms with E-state index < -0.39 is 0 Å². The molecule has 1 N–H and O–H groups in total. The molecule has 3 atom stereocenters. The zero-order valence-corrected chi connectivity index (χ0v) is 12.3. The SMILES string of the molecule is CC1NC(c2ccc(F)cc2)N(C2CCCSC2)C1=O. The average molecular weight is 294 g/mol. The fourth-order valence-corrected chi connectivity index (χ4v) is 4.11. The van der Waals surface area contributed by atoms with Gasteiger partial charge in [-0.1, -0.05) is 12.1 Å². The van der Waals surface area contributed by atoms with Crippen LogP contribution < -0.4 is 5.32 Å². The summed E-state index contributed by atoms with van der Waals surface area (Å²) in [5, 5.41) is 3.33. The van der Waals surface area contributed by atoms with Crippen LogP contribution in [0.2, 0.25) is 0 Å². The number of amides is 1. The van der Waals surface area contributed by atoms with Gasteiger partial charge in [-0.2, -0.15) is 11.8 Å². The maximum absolute atomic E-state index is 13.1. The predicted octanol–water partition coefficient (Wildman–Crippen LogP) is 2.54. The Kier molecular flexibility index (Phi) is 3.98. The Balaban J connectivity index is 1.87. The van der Waals surface area contributed by atoms with Crippen LogP contribution in [0.5, 0.6) is 0 Å². The molecule has 3 unspecified atom stereocenters. The zero-order chi connectivity index (χ0) is 14.1. The number of carbonyl (C=O) groups is 1. The molecule has 20 heavy (non-hydrogen) atoms. The Hall–Kier alpha value is -1.07. The van der Waals surface area contributed by atoms with Gasteiger partial charge in [0.2, 0.25) is 5.91 Å². The van der Waals surface area contributed by atoms with Gasteiger partial charge in [-0.05, 0) is 43.2 Å². The first-order chi connectivity index (χ1) is 9.66. The van der Waals surface area contributed by atoms with Crippen molar-refractivity contribution in [2.45, 2.75) is 38.0 Å². The van der Waals surface area contributed by atoms with E-state index in [0.717, 1.165) is 24.2 Å². The lowest BCUT2D eigenvalue weighted by Gasteiger charge is -2.35. The molecule has 0 aromatic heterocycles. The van der Waals surface area contributed by atoms with Crippen LogP contribution in [0.3, 0.4) is 0 Å². The van der Waals surface area contributed by atoms with Crippen LogP contribution in [0.1, 0.15) is 31.5 Å². The van der Waals surface area contributed by atoms with Crippen LogP contribution in [-0.2, 0) is 4.79 Å². The molecule has 2 fully saturated rings. The van der Waals surface area contributed by atoms with E-state index in [2.05, 4.69) is 5.32 Å². The number of benzene rings is 1. The molecule has 1 aromatic carbocycles. The molecular weight excluding hydrogens is 275 g/mol. The normalized spacial score (nSPS) is 30.8. The maximum Gasteiger partial charge on any atom is 0.241 e. The second-order valence-electron chi connectivity index (χ2n) is 5.46. The molecule has 2 heterocycles. The molecule has 1 amide bonds. The molecule has 2 aliphatic heterocycles. The van der Waals surface area contributed by atoms with Crippen LogP contribution in [0.25, 0.3) is 0 Å². The van der Waals surface area contributed by atoms with Crippen LogP contribution in [-0.4, -0.2) is 34.4 Å². The van der Waals surface area contributed by atoms with Gasteiger partial charge in [-0.15, -0.1) is 0 Å². The van der Waals surface area contributed by atoms with Crippen molar-refractivity contribution in [1.82, 2.24) is 10.2 Å².